The van der Waals surface area contributed by atoms with Crippen LogP contribution in [0.2, 0.25) is 0 Å². The van der Waals surface area contributed by atoms with Gasteiger partial charge < -0.3 is 5.32 Å². The topological polar surface area (TPSA) is 15.3 Å². The van der Waals surface area contributed by atoms with Crippen LogP contribution in [0.3, 0.4) is 0 Å². The SMILES string of the molecule is C=C[C@H](c1c(F)ccc(Br)c1F)N1CCNCC1. The molecule has 5 heteroatoms. The van der Waals surface area contributed by atoms with E-state index in [4.69, 9.17) is 0 Å². The first-order chi connectivity index (χ1) is 8.65. The Bertz CT molecular complexity index is 445. The second-order valence-electron chi connectivity index (χ2n) is 4.22. The van der Waals surface area contributed by atoms with Crippen LogP contribution in [-0.4, -0.2) is 31.1 Å². The summed E-state index contributed by atoms with van der Waals surface area (Å²) in [6.07, 6.45) is 1.60. The van der Waals surface area contributed by atoms with Crippen LogP contribution in [-0.2, 0) is 0 Å². The van der Waals surface area contributed by atoms with Gasteiger partial charge >= 0.3 is 0 Å². The minimum absolute atomic E-state index is 0.0706. The minimum atomic E-state index is -0.543. The lowest BCUT2D eigenvalue weighted by molar-refractivity contribution is 0.197. The van der Waals surface area contributed by atoms with Crippen molar-refractivity contribution in [1.29, 1.82) is 0 Å². The number of hydrogen-bond donors (Lipinski definition) is 1. The van der Waals surface area contributed by atoms with Crippen LogP contribution < -0.4 is 5.32 Å². The molecule has 18 heavy (non-hydrogen) atoms. The third-order valence-corrected chi connectivity index (χ3v) is 3.76. The van der Waals surface area contributed by atoms with E-state index >= 15 is 0 Å². The number of nitrogens with one attached hydrogen (secondary N) is 1. The highest BCUT2D eigenvalue weighted by atomic mass is 79.9. The molecule has 0 aromatic heterocycles. The quantitative estimate of drug-likeness (QED) is 0.681. The zero-order chi connectivity index (χ0) is 13.1. The van der Waals surface area contributed by atoms with E-state index in [-0.39, 0.29) is 10.0 Å². The summed E-state index contributed by atoms with van der Waals surface area (Å²) >= 11 is 3.09. The minimum Gasteiger partial charge on any atom is -0.314 e. The maximum atomic E-state index is 14.1. The van der Waals surface area contributed by atoms with Crippen molar-refractivity contribution >= 4 is 15.9 Å². The van der Waals surface area contributed by atoms with Gasteiger partial charge in [0.2, 0.25) is 0 Å². The Morgan fingerprint density at radius 2 is 2.00 bits per heavy atom. The van der Waals surface area contributed by atoms with Crippen LogP contribution in [0.4, 0.5) is 8.78 Å². The Morgan fingerprint density at radius 1 is 1.33 bits per heavy atom. The molecule has 1 fully saturated rings. The molecular formula is C13H15BrF2N2. The van der Waals surface area contributed by atoms with Crippen LogP contribution in [0.25, 0.3) is 0 Å². The van der Waals surface area contributed by atoms with Crippen molar-refractivity contribution < 1.29 is 8.78 Å². The third kappa shape index (κ3) is 2.63. The fourth-order valence-electron chi connectivity index (χ4n) is 2.22. The molecule has 0 saturated carbocycles. The average molecular weight is 317 g/mol. The largest absolute Gasteiger partial charge is 0.314 e. The molecule has 2 nitrogen and oxygen atoms in total. The van der Waals surface area contributed by atoms with Crippen molar-refractivity contribution in [2.45, 2.75) is 6.04 Å². The van der Waals surface area contributed by atoms with Gasteiger partial charge in [0.05, 0.1) is 10.5 Å². The molecule has 1 atom stereocenters. The molecule has 2 rings (SSSR count). The van der Waals surface area contributed by atoms with E-state index in [1.54, 1.807) is 6.08 Å². The highest BCUT2D eigenvalue weighted by molar-refractivity contribution is 9.10. The van der Waals surface area contributed by atoms with E-state index in [1.807, 2.05) is 4.90 Å². The number of nitrogens with zero attached hydrogens (tertiary/aromatic N) is 1. The third-order valence-electron chi connectivity index (χ3n) is 3.14. The van der Waals surface area contributed by atoms with Crippen LogP contribution in [0.15, 0.2) is 29.3 Å². The van der Waals surface area contributed by atoms with E-state index in [0.29, 0.717) is 0 Å². The Hall–Kier alpha value is -0.780. The maximum absolute atomic E-state index is 14.1. The number of benzene rings is 1. The fraction of sp³-hybridized carbons (Fsp3) is 0.385. The standard InChI is InChI=1S/C13H15BrF2N2/c1-2-11(18-7-5-17-6-8-18)12-10(15)4-3-9(14)13(12)16/h2-4,11,17H,1,5-8H2/t11-/m1/s1. The van der Waals surface area contributed by atoms with Gasteiger partial charge in [-0.15, -0.1) is 6.58 Å². The molecule has 1 aromatic rings. The second-order valence-corrected chi connectivity index (χ2v) is 5.08. The molecule has 0 aliphatic carbocycles. The molecule has 0 spiro atoms. The van der Waals surface area contributed by atoms with E-state index in [9.17, 15) is 8.78 Å². The summed E-state index contributed by atoms with van der Waals surface area (Å²) in [5.74, 6) is -1.07. The lowest BCUT2D eigenvalue weighted by Crippen LogP contribution is -2.45. The van der Waals surface area contributed by atoms with Crippen molar-refractivity contribution in [3.63, 3.8) is 0 Å². The van der Waals surface area contributed by atoms with Gasteiger partial charge in [-0.25, -0.2) is 8.78 Å². The van der Waals surface area contributed by atoms with E-state index in [1.165, 1.54) is 12.1 Å². The molecule has 1 aliphatic heterocycles. The van der Waals surface area contributed by atoms with Gasteiger partial charge in [0, 0.05) is 31.7 Å². The van der Waals surface area contributed by atoms with Gasteiger partial charge in [-0.1, -0.05) is 6.08 Å². The highest BCUT2D eigenvalue weighted by Crippen LogP contribution is 2.31. The fourth-order valence-corrected chi connectivity index (χ4v) is 2.57. The summed E-state index contributed by atoms with van der Waals surface area (Å²) in [5, 5.41) is 3.21. The van der Waals surface area contributed by atoms with Crippen molar-refractivity contribution in [2.75, 3.05) is 26.2 Å². The van der Waals surface area contributed by atoms with E-state index < -0.39 is 17.7 Å². The summed E-state index contributed by atoms with van der Waals surface area (Å²) in [7, 11) is 0. The summed E-state index contributed by atoms with van der Waals surface area (Å²) < 4.78 is 28.2. The Kier molecular flexibility index (Phi) is 4.48. The maximum Gasteiger partial charge on any atom is 0.145 e. The molecule has 1 N–H and O–H groups in total. The van der Waals surface area contributed by atoms with Gasteiger partial charge in [0.1, 0.15) is 11.6 Å². The summed E-state index contributed by atoms with van der Waals surface area (Å²) in [4.78, 5) is 2.03. The predicted octanol–water partition coefficient (Wildman–Crippen LogP) is 2.86. The molecule has 0 unspecified atom stereocenters. The van der Waals surface area contributed by atoms with Gasteiger partial charge in [-0.05, 0) is 28.1 Å². The summed E-state index contributed by atoms with van der Waals surface area (Å²) in [6.45, 7) is 6.86. The molecule has 1 aromatic carbocycles. The van der Waals surface area contributed by atoms with Crippen molar-refractivity contribution in [2.24, 2.45) is 0 Å². The zero-order valence-electron chi connectivity index (χ0n) is 9.93. The molecule has 98 valence electrons. The van der Waals surface area contributed by atoms with Gasteiger partial charge in [0.25, 0.3) is 0 Å². The Balaban J connectivity index is 2.37. The van der Waals surface area contributed by atoms with Crippen LogP contribution >= 0.6 is 15.9 Å². The van der Waals surface area contributed by atoms with Crippen molar-refractivity contribution in [1.82, 2.24) is 10.2 Å². The summed E-state index contributed by atoms with van der Waals surface area (Å²) in [5.41, 5.74) is 0.0706. The normalized spacial score (nSPS) is 18.6. The van der Waals surface area contributed by atoms with Crippen LogP contribution in [0, 0.1) is 11.6 Å². The molecular weight excluding hydrogens is 302 g/mol. The molecule has 1 aliphatic rings. The first kappa shape index (κ1) is 13.6. The first-order valence-electron chi connectivity index (χ1n) is 5.86. The molecule has 0 amide bonds. The number of halogens is 3. The molecule has 0 radical (unpaired) electrons. The zero-order valence-corrected chi connectivity index (χ0v) is 11.5. The van der Waals surface area contributed by atoms with Crippen LogP contribution in [0.1, 0.15) is 11.6 Å². The smallest absolute Gasteiger partial charge is 0.145 e. The lowest BCUT2D eigenvalue weighted by atomic mass is 10.0. The number of piperazine rings is 1. The molecule has 1 saturated heterocycles. The van der Waals surface area contributed by atoms with Gasteiger partial charge in [0.15, 0.2) is 0 Å². The first-order valence-corrected chi connectivity index (χ1v) is 6.65. The average Bonchev–Trinajstić information content (AvgIpc) is 2.40. The Labute approximate surface area is 114 Å². The van der Waals surface area contributed by atoms with Crippen molar-refractivity contribution in [3.05, 3.63) is 46.5 Å². The Morgan fingerprint density at radius 3 is 2.61 bits per heavy atom. The predicted molar refractivity (Wildman–Crippen MR) is 71.4 cm³/mol. The van der Waals surface area contributed by atoms with E-state index in [2.05, 4.69) is 27.8 Å². The highest BCUT2D eigenvalue weighted by Gasteiger charge is 2.26. The molecule has 1 heterocycles. The van der Waals surface area contributed by atoms with Gasteiger partial charge in [-0.3, -0.25) is 4.90 Å². The second kappa shape index (κ2) is 5.91. The molecule has 0 bridgehead atoms. The monoisotopic (exact) mass is 316 g/mol. The van der Waals surface area contributed by atoms with Crippen molar-refractivity contribution in [3.8, 4) is 0 Å². The van der Waals surface area contributed by atoms with E-state index in [0.717, 1.165) is 26.2 Å². The number of rotatable bonds is 3. The number of hydrogen-bond acceptors (Lipinski definition) is 2. The van der Waals surface area contributed by atoms with Crippen LogP contribution in [0.5, 0.6) is 0 Å². The summed E-state index contributed by atoms with van der Waals surface area (Å²) in [6, 6.07) is 2.23. The lowest BCUT2D eigenvalue weighted by Gasteiger charge is -2.33. The van der Waals surface area contributed by atoms with Gasteiger partial charge in [-0.2, -0.15) is 0 Å².